The van der Waals surface area contributed by atoms with E-state index < -0.39 is 0 Å². The maximum atomic E-state index is 11.3. The predicted octanol–water partition coefficient (Wildman–Crippen LogP) is 2.01. The molecule has 2 heterocycles. The summed E-state index contributed by atoms with van der Waals surface area (Å²) >= 11 is 0. The van der Waals surface area contributed by atoms with Crippen LogP contribution in [0, 0.1) is 6.92 Å². The van der Waals surface area contributed by atoms with Gasteiger partial charge in [-0.1, -0.05) is 0 Å². The number of hydrogen-bond acceptors (Lipinski definition) is 6. The standard InChI is InChI=1S/C18H21N5O2/c1-13-11-17(23-9-7-22(12-24)8-10-23)21-18(19-13)20-16-5-3-15(4-6-16)14(2)25/h3-6,11-12H,7-10H2,1-2H3,(H,19,20,21). The van der Waals surface area contributed by atoms with Crippen LogP contribution in [0.25, 0.3) is 0 Å². The van der Waals surface area contributed by atoms with Gasteiger partial charge in [0.2, 0.25) is 12.4 Å². The van der Waals surface area contributed by atoms with Gasteiger partial charge in [-0.05, 0) is 38.1 Å². The van der Waals surface area contributed by atoms with Gasteiger partial charge in [0, 0.05) is 49.2 Å². The topological polar surface area (TPSA) is 78.4 Å². The van der Waals surface area contributed by atoms with Gasteiger partial charge < -0.3 is 15.1 Å². The van der Waals surface area contributed by atoms with E-state index in [1.165, 1.54) is 0 Å². The molecule has 1 aromatic heterocycles. The highest BCUT2D eigenvalue weighted by molar-refractivity contribution is 5.94. The van der Waals surface area contributed by atoms with Crippen molar-refractivity contribution in [1.29, 1.82) is 0 Å². The Morgan fingerprint density at radius 1 is 1.12 bits per heavy atom. The molecule has 3 rings (SSSR count). The third kappa shape index (κ3) is 4.12. The number of aromatic nitrogens is 2. The molecule has 1 aliphatic rings. The number of amides is 1. The summed E-state index contributed by atoms with van der Waals surface area (Å²) in [5.41, 5.74) is 2.36. The maximum Gasteiger partial charge on any atom is 0.229 e. The lowest BCUT2D eigenvalue weighted by Crippen LogP contribution is -2.46. The number of Topliss-reactive ketones (excluding diaryl/α,β-unsaturated/α-hetero) is 1. The summed E-state index contributed by atoms with van der Waals surface area (Å²) < 4.78 is 0. The van der Waals surface area contributed by atoms with Gasteiger partial charge in [-0.15, -0.1) is 0 Å². The number of rotatable bonds is 5. The van der Waals surface area contributed by atoms with E-state index >= 15 is 0 Å². The first kappa shape index (κ1) is 16.9. The lowest BCUT2D eigenvalue weighted by Gasteiger charge is -2.33. The van der Waals surface area contributed by atoms with Crippen molar-refractivity contribution < 1.29 is 9.59 Å². The number of carbonyl (C=O) groups excluding carboxylic acids is 2. The summed E-state index contributed by atoms with van der Waals surface area (Å²) in [6, 6.07) is 9.18. The van der Waals surface area contributed by atoms with E-state index in [-0.39, 0.29) is 5.78 Å². The Balaban J connectivity index is 1.75. The van der Waals surface area contributed by atoms with Crippen LogP contribution in [0.2, 0.25) is 0 Å². The fraction of sp³-hybridized carbons (Fsp3) is 0.333. The van der Waals surface area contributed by atoms with Gasteiger partial charge in [0.1, 0.15) is 5.82 Å². The number of piperazine rings is 1. The second kappa shape index (κ2) is 7.29. The normalized spacial score (nSPS) is 14.3. The van der Waals surface area contributed by atoms with Crippen LogP contribution < -0.4 is 10.2 Å². The molecule has 0 bridgehead atoms. The summed E-state index contributed by atoms with van der Waals surface area (Å²) in [5.74, 6) is 1.40. The molecule has 1 amide bonds. The fourth-order valence-corrected chi connectivity index (χ4v) is 2.74. The largest absolute Gasteiger partial charge is 0.353 e. The van der Waals surface area contributed by atoms with Gasteiger partial charge in [0.05, 0.1) is 0 Å². The van der Waals surface area contributed by atoms with Crippen LogP contribution in [0.4, 0.5) is 17.5 Å². The van der Waals surface area contributed by atoms with Crippen LogP contribution in [0.5, 0.6) is 0 Å². The van der Waals surface area contributed by atoms with Gasteiger partial charge in [-0.2, -0.15) is 4.98 Å². The summed E-state index contributed by atoms with van der Waals surface area (Å²) in [4.78, 5) is 35.1. The van der Waals surface area contributed by atoms with Crippen molar-refractivity contribution in [3.63, 3.8) is 0 Å². The van der Waals surface area contributed by atoms with Crippen molar-refractivity contribution in [2.24, 2.45) is 0 Å². The number of carbonyl (C=O) groups is 2. The predicted molar refractivity (Wildman–Crippen MR) is 96.3 cm³/mol. The Morgan fingerprint density at radius 3 is 2.40 bits per heavy atom. The second-order valence-corrected chi connectivity index (χ2v) is 6.08. The molecule has 1 fully saturated rings. The highest BCUT2D eigenvalue weighted by atomic mass is 16.1. The number of ketones is 1. The molecular formula is C18H21N5O2. The van der Waals surface area contributed by atoms with Crippen molar-refractivity contribution in [2.75, 3.05) is 36.4 Å². The quantitative estimate of drug-likeness (QED) is 0.663. The van der Waals surface area contributed by atoms with Crippen molar-refractivity contribution >= 4 is 29.6 Å². The molecule has 7 heteroatoms. The molecule has 1 aliphatic heterocycles. The van der Waals surface area contributed by atoms with Gasteiger partial charge in [0.25, 0.3) is 0 Å². The molecule has 1 saturated heterocycles. The van der Waals surface area contributed by atoms with Crippen molar-refractivity contribution in [3.05, 3.63) is 41.6 Å². The number of nitrogens with one attached hydrogen (secondary N) is 1. The lowest BCUT2D eigenvalue weighted by molar-refractivity contribution is -0.118. The van der Waals surface area contributed by atoms with E-state index in [2.05, 4.69) is 20.2 Å². The molecule has 130 valence electrons. The molecule has 7 nitrogen and oxygen atoms in total. The van der Waals surface area contributed by atoms with E-state index in [1.807, 2.05) is 25.1 Å². The molecule has 25 heavy (non-hydrogen) atoms. The minimum atomic E-state index is 0.0371. The monoisotopic (exact) mass is 339 g/mol. The SMILES string of the molecule is CC(=O)c1ccc(Nc2nc(C)cc(N3CCN(C=O)CC3)n2)cc1. The highest BCUT2D eigenvalue weighted by Crippen LogP contribution is 2.20. The van der Waals surface area contributed by atoms with Crippen LogP contribution in [0.1, 0.15) is 23.0 Å². The number of anilines is 3. The molecule has 2 aromatic rings. The number of benzene rings is 1. The number of nitrogens with zero attached hydrogens (tertiary/aromatic N) is 4. The van der Waals surface area contributed by atoms with Gasteiger partial charge in [-0.3, -0.25) is 9.59 Å². The molecular weight excluding hydrogens is 318 g/mol. The van der Waals surface area contributed by atoms with Crippen molar-refractivity contribution in [3.8, 4) is 0 Å². The molecule has 1 aromatic carbocycles. The summed E-state index contributed by atoms with van der Waals surface area (Å²) in [5, 5.41) is 3.18. The first-order valence-electron chi connectivity index (χ1n) is 8.23. The molecule has 0 spiro atoms. The second-order valence-electron chi connectivity index (χ2n) is 6.08. The molecule has 1 N–H and O–H groups in total. The van der Waals surface area contributed by atoms with Gasteiger partial charge >= 0.3 is 0 Å². The minimum Gasteiger partial charge on any atom is -0.353 e. The van der Waals surface area contributed by atoms with Crippen LogP contribution in [0.15, 0.2) is 30.3 Å². The maximum absolute atomic E-state index is 11.3. The Morgan fingerprint density at radius 2 is 1.80 bits per heavy atom. The minimum absolute atomic E-state index is 0.0371. The van der Waals surface area contributed by atoms with Crippen molar-refractivity contribution in [2.45, 2.75) is 13.8 Å². The van der Waals surface area contributed by atoms with Crippen molar-refractivity contribution in [1.82, 2.24) is 14.9 Å². The number of hydrogen-bond donors (Lipinski definition) is 1. The summed E-state index contributed by atoms with van der Waals surface area (Å²) in [6.07, 6.45) is 0.889. The summed E-state index contributed by atoms with van der Waals surface area (Å²) in [6.45, 7) is 6.37. The average Bonchev–Trinajstić information content (AvgIpc) is 2.62. The van der Waals surface area contributed by atoms with Gasteiger partial charge in [-0.25, -0.2) is 4.98 Å². The Kier molecular flexibility index (Phi) is 4.92. The first-order valence-corrected chi connectivity index (χ1v) is 8.23. The van der Waals surface area contributed by atoms with Crippen LogP contribution >= 0.6 is 0 Å². The van der Waals surface area contributed by atoms with E-state index in [4.69, 9.17) is 0 Å². The Bertz CT molecular complexity index is 768. The third-order valence-electron chi connectivity index (χ3n) is 4.18. The average molecular weight is 339 g/mol. The highest BCUT2D eigenvalue weighted by Gasteiger charge is 2.17. The zero-order chi connectivity index (χ0) is 17.8. The molecule has 0 atom stereocenters. The van der Waals surface area contributed by atoms with E-state index in [1.54, 1.807) is 24.0 Å². The molecule has 0 unspecified atom stereocenters. The summed E-state index contributed by atoms with van der Waals surface area (Å²) in [7, 11) is 0. The lowest BCUT2D eigenvalue weighted by atomic mass is 10.1. The molecule has 0 aliphatic carbocycles. The Hall–Kier alpha value is -2.96. The third-order valence-corrected chi connectivity index (χ3v) is 4.18. The van der Waals surface area contributed by atoms with E-state index in [0.717, 1.165) is 36.7 Å². The molecule has 0 radical (unpaired) electrons. The number of aryl methyl sites for hydroxylation is 1. The zero-order valence-corrected chi connectivity index (χ0v) is 14.4. The van der Waals surface area contributed by atoms with Crippen LogP contribution in [-0.4, -0.2) is 53.2 Å². The van der Waals surface area contributed by atoms with E-state index in [9.17, 15) is 9.59 Å². The van der Waals surface area contributed by atoms with Gasteiger partial charge in [0.15, 0.2) is 5.78 Å². The van der Waals surface area contributed by atoms with E-state index in [0.29, 0.717) is 24.6 Å². The Labute approximate surface area is 146 Å². The zero-order valence-electron chi connectivity index (χ0n) is 14.4. The van der Waals surface area contributed by atoms with Crippen LogP contribution in [0.3, 0.4) is 0 Å². The smallest absolute Gasteiger partial charge is 0.229 e. The van der Waals surface area contributed by atoms with Crippen LogP contribution in [-0.2, 0) is 4.79 Å². The fourth-order valence-electron chi connectivity index (χ4n) is 2.74. The molecule has 0 saturated carbocycles. The first-order chi connectivity index (χ1) is 12.0.